The Bertz CT molecular complexity index is 473. The average molecular weight is 263 g/mol. The van der Waals surface area contributed by atoms with Crippen molar-refractivity contribution < 1.29 is 14.3 Å². The zero-order chi connectivity index (χ0) is 13.8. The second-order valence-corrected chi connectivity index (χ2v) is 4.29. The summed E-state index contributed by atoms with van der Waals surface area (Å²) in [5.74, 6) is 0.295. The van der Waals surface area contributed by atoms with Crippen molar-refractivity contribution in [3.05, 3.63) is 23.9 Å². The van der Waals surface area contributed by atoms with Crippen molar-refractivity contribution in [2.24, 2.45) is 0 Å². The van der Waals surface area contributed by atoms with E-state index in [1.54, 1.807) is 19.1 Å². The lowest BCUT2D eigenvalue weighted by molar-refractivity contribution is -0.122. The highest BCUT2D eigenvalue weighted by atomic mass is 16.5. The Balaban J connectivity index is 2.13. The summed E-state index contributed by atoms with van der Waals surface area (Å²) in [4.78, 5) is 29.2. The van der Waals surface area contributed by atoms with Crippen LogP contribution in [0.5, 0.6) is 0 Å². The second-order valence-electron chi connectivity index (χ2n) is 4.29. The van der Waals surface area contributed by atoms with Crippen LogP contribution in [-0.4, -0.2) is 42.6 Å². The summed E-state index contributed by atoms with van der Waals surface area (Å²) in [5, 5.41) is 2.80. The summed E-state index contributed by atoms with van der Waals surface area (Å²) in [6.07, 6.45) is 1.48. The maximum atomic E-state index is 11.6. The minimum Gasteiger partial charge on any atom is -0.462 e. The van der Waals surface area contributed by atoms with E-state index < -0.39 is 0 Å². The SMILES string of the molecule is CCOC(=O)c1ccc(N2CCNC(=O)C2C)nc1. The average Bonchev–Trinajstić information content (AvgIpc) is 2.42. The molecule has 1 unspecified atom stereocenters. The molecule has 1 aliphatic heterocycles. The molecule has 0 aromatic carbocycles. The van der Waals surface area contributed by atoms with Gasteiger partial charge >= 0.3 is 5.97 Å². The van der Waals surface area contributed by atoms with Gasteiger partial charge in [-0.25, -0.2) is 9.78 Å². The third-order valence-electron chi connectivity index (χ3n) is 3.05. The maximum absolute atomic E-state index is 11.6. The van der Waals surface area contributed by atoms with E-state index in [4.69, 9.17) is 4.74 Å². The summed E-state index contributed by atoms with van der Waals surface area (Å²) < 4.78 is 4.89. The number of rotatable bonds is 3. The van der Waals surface area contributed by atoms with Crippen LogP contribution in [0.1, 0.15) is 24.2 Å². The largest absolute Gasteiger partial charge is 0.462 e. The first-order chi connectivity index (χ1) is 9.13. The first-order valence-corrected chi connectivity index (χ1v) is 6.31. The van der Waals surface area contributed by atoms with Gasteiger partial charge in [-0.3, -0.25) is 4.79 Å². The third-order valence-corrected chi connectivity index (χ3v) is 3.05. The van der Waals surface area contributed by atoms with Crippen molar-refractivity contribution in [3.8, 4) is 0 Å². The summed E-state index contributed by atoms with van der Waals surface area (Å²) in [5.41, 5.74) is 0.416. The lowest BCUT2D eigenvalue weighted by atomic mass is 10.2. The smallest absolute Gasteiger partial charge is 0.339 e. The van der Waals surface area contributed by atoms with Gasteiger partial charge in [-0.1, -0.05) is 0 Å². The van der Waals surface area contributed by atoms with Crippen molar-refractivity contribution in [2.45, 2.75) is 19.9 Å². The number of aromatic nitrogens is 1. The van der Waals surface area contributed by atoms with E-state index in [0.717, 1.165) is 0 Å². The zero-order valence-electron chi connectivity index (χ0n) is 11.0. The molecule has 1 fully saturated rings. The van der Waals surface area contributed by atoms with Gasteiger partial charge < -0.3 is 15.0 Å². The van der Waals surface area contributed by atoms with Crippen molar-refractivity contribution >= 4 is 17.7 Å². The molecule has 6 nitrogen and oxygen atoms in total. The van der Waals surface area contributed by atoms with Gasteiger partial charge in [0.15, 0.2) is 0 Å². The lowest BCUT2D eigenvalue weighted by Gasteiger charge is -2.33. The van der Waals surface area contributed by atoms with Crippen LogP contribution in [0.25, 0.3) is 0 Å². The van der Waals surface area contributed by atoms with Crippen LogP contribution in [0.4, 0.5) is 5.82 Å². The van der Waals surface area contributed by atoms with Crippen molar-refractivity contribution in [2.75, 3.05) is 24.6 Å². The Morgan fingerprint density at radius 1 is 1.58 bits per heavy atom. The van der Waals surface area contributed by atoms with E-state index in [1.807, 2.05) is 11.8 Å². The van der Waals surface area contributed by atoms with Gasteiger partial charge in [-0.05, 0) is 26.0 Å². The minimum atomic E-state index is -0.383. The van der Waals surface area contributed by atoms with E-state index in [9.17, 15) is 9.59 Å². The van der Waals surface area contributed by atoms with E-state index in [2.05, 4.69) is 10.3 Å². The van der Waals surface area contributed by atoms with Gasteiger partial charge in [0.05, 0.1) is 12.2 Å². The number of nitrogens with one attached hydrogen (secondary N) is 1. The molecular formula is C13H17N3O3. The van der Waals surface area contributed by atoms with E-state index in [1.165, 1.54) is 6.20 Å². The van der Waals surface area contributed by atoms with Gasteiger partial charge in [-0.15, -0.1) is 0 Å². The number of carbonyl (C=O) groups excluding carboxylic acids is 2. The first kappa shape index (κ1) is 13.3. The number of pyridine rings is 1. The Kier molecular flexibility index (Phi) is 3.99. The van der Waals surface area contributed by atoms with E-state index >= 15 is 0 Å². The van der Waals surface area contributed by atoms with E-state index in [-0.39, 0.29) is 17.9 Å². The fourth-order valence-electron chi connectivity index (χ4n) is 1.99. The van der Waals surface area contributed by atoms with Crippen LogP contribution in [-0.2, 0) is 9.53 Å². The minimum absolute atomic E-state index is 0.0116. The molecule has 1 aliphatic rings. The number of nitrogens with zero attached hydrogens (tertiary/aromatic N) is 2. The van der Waals surface area contributed by atoms with Crippen LogP contribution in [0, 0.1) is 0 Å². The van der Waals surface area contributed by atoms with Crippen LogP contribution in [0.15, 0.2) is 18.3 Å². The maximum Gasteiger partial charge on any atom is 0.339 e. The summed E-state index contributed by atoms with van der Waals surface area (Å²) >= 11 is 0. The molecule has 19 heavy (non-hydrogen) atoms. The Morgan fingerprint density at radius 3 is 3.00 bits per heavy atom. The molecular weight excluding hydrogens is 246 g/mol. The predicted molar refractivity (Wildman–Crippen MR) is 70.0 cm³/mol. The van der Waals surface area contributed by atoms with Gasteiger partial charge in [0.2, 0.25) is 5.91 Å². The van der Waals surface area contributed by atoms with Crippen molar-refractivity contribution in [3.63, 3.8) is 0 Å². The van der Waals surface area contributed by atoms with E-state index in [0.29, 0.717) is 31.1 Å². The number of carbonyl (C=O) groups is 2. The normalized spacial score (nSPS) is 18.9. The van der Waals surface area contributed by atoms with Crippen LogP contribution in [0.2, 0.25) is 0 Å². The highest BCUT2D eigenvalue weighted by Gasteiger charge is 2.26. The molecule has 0 saturated carbocycles. The standard InChI is InChI=1S/C13H17N3O3/c1-3-19-13(18)10-4-5-11(15-8-10)16-7-6-14-12(17)9(16)2/h4-5,8-9H,3,6-7H2,1-2H3,(H,14,17). The highest BCUT2D eigenvalue weighted by Crippen LogP contribution is 2.16. The molecule has 1 aromatic rings. The molecule has 2 heterocycles. The summed E-state index contributed by atoms with van der Waals surface area (Å²) in [6.45, 7) is 5.23. The Hall–Kier alpha value is -2.11. The molecule has 1 saturated heterocycles. The number of hydrogen-bond acceptors (Lipinski definition) is 5. The van der Waals surface area contributed by atoms with Gasteiger partial charge in [0.25, 0.3) is 0 Å². The molecule has 102 valence electrons. The number of anilines is 1. The number of esters is 1. The molecule has 0 aliphatic carbocycles. The fraction of sp³-hybridized carbons (Fsp3) is 0.462. The van der Waals surface area contributed by atoms with Gasteiger partial charge in [0.1, 0.15) is 11.9 Å². The van der Waals surface area contributed by atoms with Gasteiger partial charge in [0, 0.05) is 19.3 Å². The number of amides is 1. The molecule has 2 rings (SSSR count). The molecule has 0 radical (unpaired) electrons. The molecule has 1 N–H and O–H groups in total. The molecule has 0 bridgehead atoms. The quantitative estimate of drug-likeness (QED) is 0.808. The Morgan fingerprint density at radius 2 is 2.37 bits per heavy atom. The third kappa shape index (κ3) is 2.83. The molecule has 1 aromatic heterocycles. The molecule has 0 spiro atoms. The molecule has 6 heteroatoms. The van der Waals surface area contributed by atoms with Gasteiger partial charge in [-0.2, -0.15) is 0 Å². The number of piperazine rings is 1. The highest BCUT2D eigenvalue weighted by molar-refractivity contribution is 5.89. The fourth-order valence-corrected chi connectivity index (χ4v) is 1.99. The molecule has 1 amide bonds. The summed E-state index contributed by atoms with van der Waals surface area (Å²) in [6, 6.07) is 3.15. The topological polar surface area (TPSA) is 71.5 Å². The zero-order valence-corrected chi connectivity index (χ0v) is 11.0. The molecule has 1 atom stereocenters. The number of hydrogen-bond donors (Lipinski definition) is 1. The number of ether oxygens (including phenoxy) is 1. The van der Waals surface area contributed by atoms with Crippen LogP contribution < -0.4 is 10.2 Å². The lowest BCUT2D eigenvalue weighted by Crippen LogP contribution is -2.54. The summed E-state index contributed by atoms with van der Waals surface area (Å²) in [7, 11) is 0. The van der Waals surface area contributed by atoms with Crippen LogP contribution >= 0.6 is 0 Å². The second kappa shape index (κ2) is 5.69. The monoisotopic (exact) mass is 263 g/mol. The Labute approximate surface area is 111 Å². The van der Waals surface area contributed by atoms with Crippen molar-refractivity contribution in [1.82, 2.24) is 10.3 Å². The predicted octanol–water partition coefficient (Wildman–Crippen LogP) is 0.583. The van der Waals surface area contributed by atoms with Crippen LogP contribution in [0.3, 0.4) is 0 Å². The first-order valence-electron chi connectivity index (χ1n) is 6.31. The van der Waals surface area contributed by atoms with Crippen molar-refractivity contribution in [1.29, 1.82) is 0 Å².